The summed E-state index contributed by atoms with van der Waals surface area (Å²) in [4.78, 5) is 27.0. The van der Waals surface area contributed by atoms with Crippen molar-refractivity contribution in [1.82, 2.24) is 15.1 Å². The van der Waals surface area contributed by atoms with E-state index in [1.807, 2.05) is 18.2 Å². The van der Waals surface area contributed by atoms with Crippen LogP contribution < -0.4 is 11.1 Å². The molecule has 1 unspecified atom stereocenters. The largest absolute Gasteiger partial charge is 0.370 e. The fourth-order valence-corrected chi connectivity index (χ4v) is 3.86. The summed E-state index contributed by atoms with van der Waals surface area (Å²) in [6.45, 7) is 4.70. The van der Waals surface area contributed by atoms with E-state index in [0.29, 0.717) is 6.61 Å². The Kier molecular flexibility index (Phi) is 8.85. The monoisotopic (exact) mass is 444 g/mol. The van der Waals surface area contributed by atoms with Crippen molar-refractivity contribution in [1.29, 1.82) is 0 Å². The van der Waals surface area contributed by atoms with Crippen molar-refractivity contribution in [3.8, 4) is 0 Å². The number of piperazine rings is 1. The number of benzene rings is 2. The highest BCUT2D eigenvalue weighted by Crippen LogP contribution is 2.30. The van der Waals surface area contributed by atoms with E-state index in [4.69, 9.17) is 22.1 Å². The fraction of sp³-hybridized carbons (Fsp3) is 0.391. The zero-order chi connectivity index (χ0) is 22.1. The maximum absolute atomic E-state index is 11.5. The number of ether oxygens (including phenoxy) is 1. The van der Waals surface area contributed by atoms with Crippen molar-refractivity contribution in [2.75, 3.05) is 52.5 Å². The third-order valence-corrected chi connectivity index (χ3v) is 5.57. The minimum Gasteiger partial charge on any atom is -0.370 e. The summed E-state index contributed by atoms with van der Waals surface area (Å²) < 4.78 is 5.42. The Morgan fingerprint density at radius 1 is 1.00 bits per heavy atom. The number of carbonyl (C=O) groups excluding carboxylic acids is 2. The molecule has 1 aliphatic heterocycles. The first-order chi connectivity index (χ1) is 15.0. The molecule has 1 saturated heterocycles. The van der Waals surface area contributed by atoms with Crippen LogP contribution in [-0.2, 0) is 14.3 Å². The van der Waals surface area contributed by atoms with E-state index in [2.05, 4.69) is 51.5 Å². The van der Waals surface area contributed by atoms with Gasteiger partial charge in [0.15, 0.2) is 0 Å². The molecule has 2 aromatic rings. The summed E-state index contributed by atoms with van der Waals surface area (Å²) in [5, 5.41) is 3.15. The molecule has 1 fully saturated rings. The average molecular weight is 445 g/mol. The molecule has 1 heterocycles. The van der Waals surface area contributed by atoms with E-state index >= 15 is 0 Å². The molecule has 0 radical (unpaired) electrons. The zero-order valence-corrected chi connectivity index (χ0v) is 18.3. The normalized spacial score (nSPS) is 16.0. The van der Waals surface area contributed by atoms with E-state index in [9.17, 15) is 9.59 Å². The zero-order valence-electron chi connectivity index (χ0n) is 17.5. The van der Waals surface area contributed by atoms with Crippen LogP contribution >= 0.6 is 11.6 Å². The van der Waals surface area contributed by atoms with E-state index in [-0.39, 0.29) is 25.1 Å². The molecule has 0 aromatic heterocycles. The summed E-state index contributed by atoms with van der Waals surface area (Å²) in [5.74, 6) is -0.907. The van der Waals surface area contributed by atoms with Crippen LogP contribution in [0, 0.1) is 0 Å². The highest BCUT2D eigenvalue weighted by Gasteiger charge is 2.26. The van der Waals surface area contributed by atoms with Gasteiger partial charge in [-0.3, -0.25) is 19.4 Å². The Morgan fingerprint density at radius 3 is 2.29 bits per heavy atom. The van der Waals surface area contributed by atoms with Gasteiger partial charge in [0, 0.05) is 37.7 Å². The van der Waals surface area contributed by atoms with Crippen molar-refractivity contribution in [3.05, 3.63) is 70.7 Å². The van der Waals surface area contributed by atoms with E-state index < -0.39 is 5.91 Å². The number of nitrogens with zero attached hydrogens (tertiary/aromatic N) is 2. The second kappa shape index (κ2) is 11.8. The van der Waals surface area contributed by atoms with Gasteiger partial charge >= 0.3 is 0 Å². The lowest BCUT2D eigenvalue weighted by Crippen LogP contribution is -2.48. The number of amides is 2. The molecule has 166 valence electrons. The summed E-state index contributed by atoms with van der Waals surface area (Å²) in [7, 11) is 0. The molecule has 2 aromatic carbocycles. The van der Waals surface area contributed by atoms with Crippen LogP contribution in [0.2, 0.25) is 5.02 Å². The maximum Gasteiger partial charge on any atom is 0.246 e. The minimum absolute atomic E-state index is 0.0696. The van der Waals surface area contributed by atoms with Crippen molar-refractivity contribution in [3.63, 3.8) is 0 Å². The topological polar surface area (TPSA) is 87.9 Å². The van der Waals surface area contributed by atoms with Gasteiger partial charge in [-0.2, -0.15) is 0 Å². The lowest BCUT2D eigenvalue weighted by molar-refractivity contribution is -0.128. The fourth-order valence-electron chi connectivity index (χ4n) is 3.73. The number of nitrogens with two attached hydrogens (primary N) is 1. The van der Waals surface area contributed by atoms with Crippen molar-refractivity contribution >= 4 is 23.4 Å². The summed E-state index contributed by atoms with van der Waals surface area (Å²) >= 11 is 6.10. The smallest absolute Gasteiger partial charge is 0.246 e. The molecule has 0 aliphatic carbocycles. The number of hydrogen-bond donors (Lipinski definition) is 2. The standard InChI is InChI=1S/C23H29ClN4O3/c24-20-8-6-19(7-9-20)23(18-4-2-1-3-5-18)28-12-10-27(11-13-28)14-15-31-17-22(30)26-16-21(25)29/h1-9,23H,10-17H2,(H2,25,29)(H,26,30). The lowest BCUT2D eigenvalue weighted by Gasteiger charge is -2.39. The lowest BCUT2D eigenvalue weighted by atomic mass is 9.96. The molecule has 7 nitrogen and oxygen atoms in total. The minimum atomic E-state index is -0.571. The van der Waals surface area contributed by atoms with Gasteiger partial charge < -0.3 is 15.8 Å². The van der Waals surface area contributed by atoms with Crippen LogP contribution in [0.5, 0.6) is 0 Å². The van der Waals surface area contributed by atoms with Crippen LogP contribution in [0.15, 0.2) is 54.6 Å². The number of carbonyl (C=O) groups is 2. The Morgan fingerprint density at radius 2 is 1.65 bits per heavy atom. The van der Waals surface area contributed by atoms with Gasteiger partial charge in [0.1, 0.15) is 6.61 Å². The first kappa shape index (κ1) is 23.2. The second-order valence-corrected chi connectivity index (χ2v) is 7.97. The molecule has 0 spiro atoms. The third-order valence-electron chi connectivity index (χ3n) is 5.32. The average Bonchev–Trinajstić information content (AvgIpc) is 2.78. The number of hydrogen-bond acceptors (Lipinski definition) is 5. The molecule has 2 amide bonds. The van der Waals surface area contributed by atoms with Gasteiger partial charge in [0.05, 0.1) is 19.2 Å². The molecular weight excluding hydrogens is 416 g/mol. The molecule has 31 heavy (non-hydrogen) atoms. The van der Waals surface area contributed by atoms with Crippen LogP contribution in [0.25, 0.3) is 0 Å². The van der Waals surface area contributed by atoms with Gasteiger partial charge in [-0.05, 0) is 23.3 Å². The Labute approximate surface area is 188 Å². The van der Waals surface area contributed by atoms with Gasteiger partial charge in [-0.25, -0.2) is 0 Å². The molecule has 3 N–H and O–H groups in total. The highest BCUT2D eigenvalue weighted by atomic mass is 35.5. The van der Waals surface area contributed by atoms with Crippen LogP contribution in [0.3, 0.4) is 0 Å². The predicted octanol–water partition coefficient (Wildman–Crippen LogP) is 1.67. The van der Waals surface area contributed by atoms with Gasteiger partial charge in [0.2, 0.25) is 11.8 Å². The predicted molar refractivity (Wildman–Crippen MR) is 121 cm³/mol. The van der Waals surface area contributed by atoms with Crippen molar-refractivity contribution in [2.45, 2.75) is 6.04 Å². The number of nitrogens with one attached hydrogen (secondary N) is 1. The first-order valence-corrected chi connectivity index (χ1v) is 10.8. The summed E-state index contributed by atoms with van der Waals surface area (Å²) in [6, 6.07) is 18.8. The van der Waals surface area contributed by atoms with Crippen LogP contribution in [0.4, 0.5) is 0 Å². The van der Waals surface area contributed by atoms with Gasteiger partial charge in [0.25, 0.3) is 0 Å². The van der Waals surface area contributed by atoms with E-state index in [1.165, 1.54) is 11.1 Å². The first-order valence-electron chi connectivity index (χ1n) is 10.4. The number of rotatable bonds is 10. The molecule has 8 heteroatoms. The quantitative estimate of drug-likeness (QED) is 0.544. The van der Waals surface area contributed by atoms with E-state index in [0.717, 1.165) is 37.7 Å². The molecular formula is C23H29ClN4O3. The number of primary amides is 1. The third kappa shape index (κ3) is 7.33. The Bertz CT molecular complexity index is 840. The summed E-state index contributed by atoms with van der Waals surface area (Å²) in [6.07, 6.45) is 0. The maximum atomic E-state index is 11.5. The molecule has 1 atom stereocenters. The Balaban J connectivity index is 1.49. The molecule has 0 bridgehead atoms. The number of halogens is 1. The van der Waals surface area contributed by atoms with Crippen molar-refractivity contribution < 1.29 is 14.3 Å². The van der Waals surface area contributed by atoms with E-state index in [1.54, 1.807) is 0 Å². The van der Waals surface area contributed by atoms with Gasteiger partial charge in [-0.15, -0.1) is 0 Å². The second-order valence-electron chi connectivity index (χ2n) is 7.54. The molecule has 0 saturated carbocycles. The van der Waals surface area contributed by atoms with Crippen LogP contribution in [0.1, 0.15) is 17.2 Å². The Hall–Kier alpha value is -2.45. The van der Waals surface area contributed by atoms with Gasteiger partial charge in [-0.1, -0.05) is 54.1 Å². The summed E-state index contributed by atoms with van der Waals surface area (Å²) in [5.41, 5.74) is 7.49. The molecule has 3 rings (SSSR count). The van der Waals surface area contributed by atoms with Crippen molar-refractivity contribution in [2.24, 2.45) is 5.73 Å². The molecule has 1 aliphatic rings. The highest BCUT2D eigenvalue weighted by molar-refractivity contribution is 6.30. The van der Waals surface area contributed by atoms with Crippen LogP contribution in [-0.4, -0.2) is 74.1 Å². The SMILES string of the molecule is NC(=O)CNC(=O)COCCN1CCN(C(c2ccccc2)c2ccc(Cl)cc2)CC1.